The molecule has 0 atom stereocenters. The number of hydrogen-bond donors (Lipinski definition) is 0. The van der Waals surface area contributed by atoms with Gasteiger partial charge in [-0.05, 0) is 12.8 Å². The molecule has 0 aliphatic heterocycles. The third-order valence-corrected chi connectivity index (χ3v) is 1.25. The van der Waals surface area contributed by atoms with Gasteiger partial charge in [-0.25, -0.2) is 0 Å². The van der Waals surface area contributed by atoms with E-state index in [0.29, 0.717) is 19.3 Å². The summed E-state index contributed by atoms with van der Waals surface area (Å²) in [4.78, 5) is 0. The second kappa shape index (κ2) is 5.00. The van der Waals surface area contributed by atoms with E-state index in [9.17, 15) is 13.2 Å². The average molecular weight is 165 g/mol. The lowest BCUT2D eigenvalue weighted by molar-refractivity contribution is -0.135. The van der Waals surface area contributed by atoms with E-state index in [-0.39, 0.29) is 6.42 Å². The predicted octanol–water partition coefficient (Wildman–Crippen LogP) is 3.02. The zero-order valence-corrected chi connectivity index (χ0v) is 6.12. The quantitative estimate of drug-likeness (QED) is 0.587. The lowest BCUT2D eigenvalue weighted by Gasteiger charge is -2.03. The van der Waals surface area contributed by atoms with Crippen LogP contribution in [0, 0.1) is 11.3 Å². The average Bonchev–Trinajstić information content (AvgIpc) is 1.85. The molecule has 64 valence electrons. The molecule has 0 rings (SSSR count). The molecule has 0 N–H and O–H groups in total. The summed E-state index contributed by atoms with van der Waals surface area (Å²) < 4.78 is 34.5. The maximum Gasteiger partial charge on any atom is 0.389 e. The maximum absolute atomic E-state index is 11.5. The van der Waals surface area contributed by atoms with Crippen LogP contribution in [0.25, 0.3) is 0 Å². The van der Waals surface area contributed by atoms with Crippen molar-refractivity contribution < 1.29 is 13.2 Å². The number of alkyl halides is 3. The van der Waals surface area contributed by atoms with Crippen LogP contribution in [0.15, 0.2) is 0 Å². The molecule has 0 heterocycles. The number of nitriles is 1. The van der Waals surface area contributed by atoms with E-state index in [4.69, 9.17) is 5.26 Å². The zero-order valence-electron chi connectivity index (χ0n) is 6.12. The summed E-state index contributed by atoms with van der Waals surface area (Å²) >= 11 is 0. The van der Waals surface area contributed by atoms with Crippen molar-refractivity contribution in [3.05, 3.63) is 0 Å². The highest BCUT2D eigenvalue weighted by molar-refractivity contribution is 4.68. The minimum absolute atomic E-state index is 0.144. The zero-order chi connectivity index (χ0) is 8.74. The Balaban J connectivity index is 3.10. The molecule has 11 heavy (non-hydrogen) atoms. The lowest BCUT2D eigenvalue weighted by atomic mass is 10.1. The second-order valence-electron chi connectivity index (χ2n) is 2.33. The molecule has 0 saturated heterocycles. The van der Waals surface area contributed by atoms with Gasteiger partial charge in [0.15, 0.2) is 0 Å². The molecule has 0 spiro atoms. The Morgan fingerprint density at radius 3 is 2.18 bits per heavy atom. The number of unbranched alkanes of at least 4 members (excludes halogenated alkanes) is 3. The number of hydrogen-bond acceptors (Lipinski definition) is 1. The lowest BCUT2D eigenvalue weighted by Crippen LogP contribution is -2.06. The van der Waals surface area contributed by atoms with Crippen molar-refractivity contribution in [2.24, 2.45) is 0 Å². The maximum atomic E-state index is 11.5. The van der Waals surface area contributed by atoms with Gasteiger partial charge in [0, 0.05) is 12.8 Å². The molecule has 0 aromatic carbocycles. The minimum atomic E-state index is -4.04. The Labute approximate surface area is 63.8 Å². The largest absolute Gasteiger partial charge is 0.389 e. The highest BCUT2D eigenvalue weighted by atomic mass is 19.4. The Bertz CT molecular complexity index is 134. The smallest absolute Gasteiger partial charge is 0.198 e. The molecule has 0 aliphatic rings. The van der Waals surface area contributed by atoms with Crippen molar-refractivity contribution in [2.75, 3.05) is 0 Å². The summed E-state index contributed by atoms with van der Waals surface area (Å²) in [5.41, 5.74) is 0. The molecule has 4 heteroatoms. The van der Waals surface area contributed by atoms with Crippen LogP contribution in [0.3, 0.4) is 0 Å². The van der Waals surface area contributed by atoms with Crippen LogP contribution in [-0.4, -0.2) is 6.18 Å². The fourth-order valence-electron chi connectivity index (χ4n) is 0.706. The van der Waals surface area contributed by atoms with Crippen LogP contribution in [-0.2, 0) is 0 Å². The van der Waals surface area contributed by atoms with E-state index in [1.165, 1.54) is 0 Å². The number of halogens is 3. The standard InChI is InChI=1S/C7H10F3N/c8-7(9,10)5-3-1-2-4-6-11/h1-5H2. The molecule has 0 unspecified atom stereocenters. The highest BCUT2D eigenvalue weighted by Gasteiger charge is 2.25. The van der Waals surface area contributed by atoms with E-state index in [1.54, 1.807) is 0 Å². The van der Waals surface area contributed by atoms with Crippen molar-refractivity contribution in [1.29, 1.82) is 5.26 Å². The molecule has 0 fully saturated rings. The monoisotopic (exact) mass is 165 g/mol. The first kappa shape index (κ1) is 10.3. The van der Waals surface area contributed by atoms with Crippen molar-refractivity contribution in [3.63, 3.8) is 0 Å². The summed E-state index contributed by atoms with van der Waals surface area (Å²) in [6, 6.07) is 1.88. The number of nitrogens with zero attached hydrogens (tertiary/aromatic N) is 1. The van der Waals surface area contributed by atoms with Crippen LogP contribution in [0.2, 0.25) is 0 Å². The summed E-state index contributed by atoms with van der Waals surface area (Å²) in [5.74, 6) is 0. The highest BCUT2D eigenvalue weighted by Crippen LogP contribution is 2.22. The van der Waals surface area contributed by atoms with Gasteiger partial charge >= 0.3 is 6.18 Å². The van der Waals surface area contributed by atoms with Crippen molar-refractivity contribution in [3.8, 4) is 6.07 Å². The first-order valence-electron chi connectivity index (χ1n) is 3.50. The first-order valence-corrected chi connectivity index (χ1v) is 3.50. The van der Waals surface area contributed by atoms with Crippen molar-refractivity contribution >= 4 is 0 Å². The van der Waals surface area contributed by atoms with Gasteiger partial charge in [-0.1, -0.05) is 6.42 Å². The molecule has 1 nitrogen and oxygen atoms in total. The van der Waals surface area contributed by atoms with E-state index < -0.39 is 12.6 Å². The minimum Gasteiger partial charge on any atom is -0.198 e. The van der Waals surface area contributed by atoms with Gasteiger partial charge in [0.2, 0.25) is 0 Å². The Hall–Kier alpha value is -0.720. The Kier molecular flexibility index (Phi) is 4.67. The Morgan fingerprint density at radius 1 is 1.09 bits per heavy atom. The third kappa shape index (κ3) is 9.28. The van der Waals surface area contributed by atoms with E-state index in [0.717, 1.165) is 0 Å². The number of rotatable bonds is 4. The molecular formula is C7H10F3N. The van der Waals surface area contributed by atoms with Gasteiger partial charge in [0.25, 0.3) is 0 Å². The molecular weight excluding hydrogens is 155 g/mol. The summed E-state index contributed by atoms with van der Waals surface area (Å²) in [5, 5.41) is 8.05. The van der Waals surface area contributed by atoms with Crippen molar-refractivity contribution in [2.45, 2.75) is 38.3 Å². The fourth-order valence-corrected chi connectivity index (χ4v) is 0.706. The van der Waals surface area contributed by atoms with Gasteiger partial charge in [-0.15, -0.1) is 0 Å². The fraction of sp³-hybridized carbons (Fsp3) is 0.857. The molecule has 0 aromatic heterocycles. The van der Waals surface area contributed by atoms with Gasteiger partial charge in [0.05, 0.1) is 6.07 Å². The van der Waals surface area contributed by atoms with Crippen molar-refractivity contribution in [1.82, 2.24) is 0 Å². The van der Waals surface area contributed by atoms with E-state index >= 15 is 0 Å². The molecule has 0 saturated carbocycles. The van der Waals surface area contributed by atoms with Crippen LogP contribution in [0.5, 0.6) is 0 Å². The normalized spacial score (nSPS) is 11.1. The summed E-state index contributed by atoms with van der Waals surface area (Å²) in [6.45, 7) is 0. The van der Waals surface area contributed by atoms with Crippen LogP contribution < -0.4 is 0 Å². The van der Waals surface area contributed by atoms with Crippen LogP contribution in [0.4, 0.5) is 13.2 Å². The Morgan fingerprint density at radius 2 is 1.73 bits per heavy atom. The molecule has 0 amide bonds. The molecule has 0 radical (unpaired) electrons. The van der Waals surface area contributed by atoms with E-state index in [2.05, 4.69) is 0 Å². The summed E-state index contributed by atoms with van der Waals surface area (Å²) in [7, 11) is 0. The topological polar surface area (TPSA) is 23.8 Å². The predicted molar refractivity (Wildman–Crippen MR) is 34.8 cm³/mol. The third-order valence-electron chi connectivity index (χ3n) is 1.25. The van der Waals surface area contributed by atoms with Gasteiger partial charge in [-0.2, -0.15) is 18.4 Å². The summed E-state index contributed by atoms with van der Waals surface area (Å²) in [6.07, 6.45) is -3.19. The SMILES string of the molecule is N#CCCCCCC(F)(F)F. The molecule has 0 aromatic rings. The second-order valence-corrected chi connectivity index (χ2v) is 2.33. The van der Waals surface area contributed by atoms with Gasteiger partial charge < -0.3 is 0 Å². The first-order chi connectivity index (χ1) is 5.06. The van der Waals surface area contributed by atoms with Gasteiger partial charge in [0.1, 0.15) is 0 Å². The van der Waals surface area contributed by atoms with Gasteiger partial charge in [-0.3, -0.25) is 0 Å². The van der Waals surface area contributed by atoms with E-state index in [1.807, 2.05) is 6.07 Å². The van der Waals surface area contributed by atoms with Crippen LogP contribution >= 0.6 is 0 Å². The van der Waals surface area contributed by atoms with Crippen LogP contribution in [0.1, 0.15) is 32.1 Å². The molecule has 0 bridgehead atoms. The molecule has 0 aliphatic carbocycles.